The molecule has 0 saturated carbocycles. The molecule has 0 aliphatic rings. The minimum atomic E-state index is -0.319. The van der Waals surface area contributed by atoms with Gasteiger partial charge >= 0.3 is 6.03 Å². The van der Waals surface area contributed by atoms with E-state index in [1.54, 1.807) is 24.3 Å². The van der Waals surface area contributed by atoms with E-state index in [0.717, 1.165) is 5.75 Å². The third-order valence-electron chi connectivity index (χ3n) is 2.19. The van der Waals surface area contributed by atoms with Crippen LogP contribution in [0, 0.1) is 0 Å². The second kappa shape index (κ2) is 7.32. The minimum absolute atomic E-state index is 0.0522. The molecule has 2 N–H and O–H groups in total. The third-order valence-corrected chi connectivity index (χ3v) is 2.19. The molecule has 2 amide bonds. The molecule has 0 atom stereocenters. The summed E-state index contributed by atoms with van der Waals surface area (Å²) in [7, 11) is 0. The summed E-state index contributed by atoms with van der Waals surface area (Å²) in [4.78, 5) is 22.1. The number of ether oxygens (including phenoxy) is 1. The number of benzene rings is 1. The van der Waals surface area contributed by atoms with Crippen LogP contribution in [0.4, 0.5) is 10.5 Å². The second-order valence-corrected chi connectivity index (χ2v) is 3.79. The summed E-state index contributed by atoms with van der Waals surface area (Å²) in [5, 5.41) is 5.27. The van der Waals surface area contributed by atoms with E-state index in [1.165, 1.54) is 6.92 Å². The van der Waals surface area contributed by atoms with Crippen molar-refractivity contribution in [2.75, 3.05) is 18.5 Å². The van der Waals surface area contributed by atoms with Crippen molar-refractivity contribution < 1.29 is 14.3 Å². The van der Waals surface area contributed by atoms with Crippen molar-refractivity contribution in [1.29, 1.82) is 0 Å². The van der Waals surface area contributed by atoms with Gasteiger partial charge in [-0.15, -0.1) is 0 Å². The van der Waals surface area contributed by atoms with Crippen molar-refractivity contribution in [2.24, 2.45) is 0 Å². The zero-order valence-corrected chi connectivity index (χ0v) is 10.7. The molecular weight excluding hydrogens is 232 g/mol. The maximum absolute atomic E-state index is 11.4. The number of hydrogen-bond acceptors (Lipinski definition) is 3. The van der Waals surface area contributed by atoms with Crippen LogP contribution in [0.25, 0.3) is 0 Å². The van der Waals surface area contributed by atoms with Crippen molar-refractivity contribution in [3.05, 3.63) is 24.3 Å². The van der Waals surface area contributed by atoms with Crippen LogP contribution in [-0.2, 0) is 4.79 Å². The van der Waals surface area contributed by atoms with Gasteiger partial charge in [0.1, 0.15) is 11.5 Å². The quantitative estimate of drug-likeness (QED) is 0.813. The first-order valence-electron chi connectivity index (χ1n) is 5.89. The molecule has 1 aromatic rings. The lowest BCUT2D eigenvalue weighted by atomic mass is 10.3. The number of nitrogens with one attached hydrogen (secondary N) is 2. The first kappa shape index (κ1) is 14.0. The molecular formula is C13H18N2O3. The fourth-order valence-corrected chi connectivity index (χ4v) is 1.33. The number of urea groups is 1. The molecule has 5 heteroatoms. The highest BCUT2D eigenvalue weighted by Gasteiger charge is 2.02. The summed E-state index contributed by atoms with van der Waals surface area (Å²) >= 11 is 0. The number of Topliss-reactive ketones (excluding diaryl/α,β-unsaturated/α-hetero) is 1. The molecule has 5 nitrogen and oxygen atoms in total. The maximum Gasteiger partial charge on any atom is 0.319 e. The standard InChI is InChI=1S/C13H18N2O3/c1-3-18-12-6-4-11(5-7-12)15-13(17)14-9-8-10(2)16/h4-7H,3,8-9H2,1-2H3,(H2,14,15,17). The summed E-state index contributed by atoms with van der Waals surface area (Å²) < 4.78 is 5.29. The lowest BCUT2D eigenvalue weighted by Crippen LogP contribution is -2.30. The molecule has 1 rings (SSSR count). The van der Waals surface area contributed by atoms with Crippen LogP contribution < -0.4 is 15.4 Å². The first-order chi connectivity index (χ1) is 8.61. The Morgan fingerprint density at radius 1 is 1.22 bits per heavy atom. The number of anilines is 1. The van der Waals surface area contributed by atoms with Crippen LogP contribution in [0.2, 0.25) is 0 Å². The molecule has 0 saturated heterocycles. The predicted octanol–water partition coefficient (Wildman–Crippen LogP) is 2.19. The largest absolute Gasteiger partial charge is 0.494 e. The normalized spacial score (nSPS) is 9.67. The molecule has 98 valence electrons. The lowest BCUT2D eigenvalue weighted by molar-refractivity contribution is -0.116. The number of carbonyl (C=O) groups excluding carboxylic acids is 2. The van der Waals surface area contributed by atoms with Crippen LogP contribution in [0.5, 0.6) is 5.75 Å². The predicted molar refractivity (Wildman–Crippen MR) is 69.9 cm³/mol. The molecule has 0 heterocycles. The van der Waals surface area contributed by atoms with Gasteiger partial charge in [0.25, 0.3) is 0 Å². The van der Waals surface area contributed by atoms with Crippen molar-refractivity contribution in [3.63, 3.8) is 0 Å². The minimum Gasteiger partial charge on any atom is -0.494 e. The summed E-state index contributed by atoms with van der Waals surface area (Å²) in [6, 6.07) is 6.77. The number of carbonyl (C=O) groups is 2. The average Bonchev–Trinajstić information content (AvgIpc) is 2.31. The highest BCUT2D eigenvalue weighted by Crippen LogP contribution is 2.15. The van der Waals surface area contributed by atoms with Gasteiger partial charge in [0.05, 0.1) is 6.61 Å². The SMILES string of the molecule is CCOc1ccc(NC(=O)NCCC(C)=O)cc1. The molecule has 0 spiro atoms. The van der Waals surface area contributed by atoms with Gasteiger partial charge < -0.3 is 15.4 Å². The molecule has 0 aliphatic heterocycles. The fraction of sp³-hybridized carbons (Fsp3) is 0.385. The summed E-state index contributed by atoms with van der Waals surface area (Å²) in [6.45, 7) is 4.36. The number of amides is 2. The molecule has 0 aliphatic carbocycles. The van der Waals surface area contributed by atoms with Crippen LogP contribution in [-0.4, -0.2) is 25.0 Å². The smallest absolute Gasteiger partial charge is 0.319 e. The van der Waals surface area contributed by atoms with Gasteiger partial charge in [0, 0.05) is 18.7 Å². The van der Waals surface area contributed by atoms with E-state index in [2.05, 4.69) is 10.6 Å². The highest BCUT2D eigenvalue weighted by molar-refractivity contribution is 5.89. The molecule has 1 aromatic carbocycles. The topological polar surface area (TPSA) is 67.4 Å². The van der Waals surface area contributed by atoms with Crippen molar-refractivity contribution in [3.8, 4) is 5.75 Å². The Morgan fingerprint density at radius 2 is 1.89 bits per heavy atom. The summed E-state index contributed by atoms with van der Waals surface area (Å²) in [5.74, 6) is 0.816. The Hall–Kier alpha value is -2.04. The Morgan fingerprint density at radius 3 is 2.44 bits per heavy atom. The van der Waals surface area contributed by atoms with Gasteiger partial charge in [0.15, 0.2) is 0 Å². The van der Waals surface area contributed by atoms with Gasteiger partial charge in [-0.3, -0.25) is 4.79 Å². The average molecular weight is 250 g/mol. The highest BCUT2D eigenvalue weighted by atomic mass is 16.5. The lowest BCUT2D eigenvalue weighted by Gasteiger charge is -2.08. The zero-order valence-electron chi connectivity index (χ0n) is 10.7. The summed E-state index contributed by atoms with van der Waals surface area (Å²) in [5.41, 5.74) is 0.679. The van der Waals surface area contributed by atoms with Crippen molar-refractivity contribution in [1.82, 2.24) is 5.32 Å². The van der Waals surface area contributed by atoms with E-state index in [0.29, 0.717) is 25.3 Å². The van der Waals surface area contributed by atoms with Gasteiger partial charge in [-0.2, -0.15) is 0 Å². The van der Waals surface area contributed by atoms with Crippen molar-refractivity contribution in [2.45, 2.75) is 20.3 Å². The Bertz CT molecular complexity index is 401. The molecule has 0 unspecified atom stereocenters. The fourth-order valence-electron chi connectivity index (χ4n) is 1.33. The van der Waals surface area contributed by atoms with Gasteiger partial charge in [-0.25, -0.2) is 4.79 Å². The Kier molecular flexibility index (Phi) is 5.70. The molecule has 0 fully saturated rings. The van der Waals surface area contributed by atoms with Crippen molar-refractivity contribution >= 4 is 17.5 Å². The van der Waals surface area contributed by atoms with Crippen LogP contribution in [0.15, 0.2) is 24.3 Å². The first-order valence-corrected chi connectivity index (χ1v) is 5.89. The van der Waals surface area contributed by atoms with Crippen LogP contribution >= 0.6 is 0 Å². The Balaban J connectivity index is 2.37. The van der Waals surface area contributed by atoms with E-state index in [-0.39, 0.29) is 11.8 Å². The van der Waals surface area contributed by atoms with E-state index in [1.807, 2.05) is 6.92 Å². The van der Waals surface area contributed by atoms with E-state index in [4.69, 9.17) is 4.74 Å². The monoisotopic (exact) mass is 250 g/mol. The zero-order chi connectivity index (χ0) is 13.4. The molecule has 0 bridgehead atoms. The molecule has 0 aromatic heterocycles. The number of hydrogen-bond donors (Lipinski definition) is 2. The summed E-state index contributed by atoms with van der Waals surface area (Å²) in [6.07, 6.45) is 0.344. The second-order valence-electron chi connectivity index (χ2n) is 3.79. The van der Waals surface area contributed by atoms with E-state index in [9.17, 15) is 9.59 Å². The maximum atomic E-state index is 11.4. The van der Waals surface area contributed by atoms with Crippen LogP contribution in [0.1, 0.15) is 20.3 Å². The van der Waals surface area contributed by atoms with Crippen LogP contribution in [0.3, 0.4) is 0 Å². The Labute approximate surface area is 107 Å². The molecule has 18 heavy (non-hydrogen) atoms. The number of ketones is 1. The van der Waals surface area contributed by atoms with Gasteiger partial charge in [-0.05, 0) is 38.1 Å². The molecule has 0 radical (unpaired) electrons. The van der Waals surface area contributed by atoms with E-state index >= 15 is 0 Å². The van der Waals surface area contributed by atoms with E-state index < -0.39 is 0 Å². The third kappa shape index (κ3) is 5.34. The number of rotatable bonds is 6. The van der Waals surface area contributed by atoms with Gasteiger partial charge in [-0.1, -0.05) is 0 Å². The van der Waals surface area contributed by atoms with Gasteiger partial charge in [0.2, 0.25) is 0 Å².